The van der Waals surface area contributed by atoms with Crippen LogP contribution in [-0.4, -0.2) is 0 Å². The van der Waals surface area contributed by atoms with Gasteiger partial charge < -0.3 is 4.90 Å². The summed E-state index contributed by atoms with van der Waals surface area (Å²) in [5, 5.41) is 5.07. The minimum Gasteiger partial charge on any atom is -0.310 e. The molecular formula is C26H19N. The Morgan fingerprint density at radius 2 is 0.815 bits per heavy atom. The molecule has 5 rings (SSSR count). The Labute approximate surface area is 159 Å². The van der Waals surface area contributed by atoms with Crippen molar-refractivity contribution in [2.75, 3.05) is 4.90 Å². The van der Waals surface area contributed by atoms with Crippen LogP contribution in [0.25, 0.3) is 21.5 Å². The monoisotopic (exact) mass is 345 g/mol. The van der Waals surface area contributed by atoms with Crippen molar-refractivity contribution in [3.63, 3.8) is 0 Å². The maximum atomic E-state index is 2.30. The smallest absolute Gasteiger partial charge is 0.0468 e. The Balaban J connectivity index is 1.71. The molecule has 0 amide bonds. The van der Waals surface area contributed by atoms with Gasteiger partial charge in [-0.25, -0.2) is 0 Å². The van der Waals surface area contributed by atoms with Crippen molar-refractivity contribution in [2.45, 2.75) is 0 Å². The highest BCUT2D eigenvalue weighted by Gasteiger charge is 2.12. The normalized spacial score (nSPS) is 11.0. The Hall–Kier alpha value is -3.58. The van der Waals surface area contributed by atoms with Crippen LogP contribution in [0.4, 0.5) is 17.1 Å². The van der Waals surface area contributed by atoms with Gasteiger partial charge in [-0.05, 0) is 70.1 Å². The highest BCUT2D eigenvalue weighted by atomic mass is 15.1. The lowest BCUT2D eigenvalue weighted by atomic mass is 10.0. The standard InChI is InChI=1S/C26H19N/c1-3-11-24(12-4-1)27(25-13-5-2-6-14-25)26-16-15-22-17-20-9-7-8-10-21(20)18-23(22)19-26/h1-19H. The third kappa shape index (κ3) is 2.94. The lowest BCUT2D eigenvalue weighted by molar-refractivity contribution is 1.29. The molecule has 1 heteroatoms. The van der Waals surface area contributed by atoms with E-state index in [0.29, 0.717) is 0 Å². The maximum absolute atomic E-state index is 2.30. The van der Waals surface area contributed by atoms with E-state index < -0.39 is 0 Å². The topological polar surface area (TPSA) is 3.24 Å². The molecule has 0 N–H and O–H groups in total. The second-order valence-electron chi connectivity index (χ2n) is 6.74. The Kier molecular flexibility index (Phi) is 3.84. The minimum absolute atomic E-state index is 1.16. The summed E-state index contributed by atoms with van der Waals surface area (Å²) in [6.07, 6.45) is 0. The van der Waals surface area contributed by atoms with Gasteiger partial charge in [0, 0.05) is 17.1 Å². The molecule has 0 spiro atoms. The summed E-state index contributed by atoms with van der Waals surface area (Å²) in [5.41, 5.74) is 3.47. The van der Waals surface area contributed by atoms with Crippen LogP contribution in [0.5, 0.6) is 0 Å². The number of hydrogen-bond acceptors (Lipinski definition) is 1. The molecule has 0 aromatic heterocycles. The van der Waals surface area contributed by atoms with Crippen LogP contribution in [0, 0.1) is 0 Å². The van der Waals surface area contributed by atoms with Crippen molar-refractivity contribution in [3.05, 3.63) is 115 Å². The molecule has 0 saturated carbocycles. The predicted octanol–water partition coefficient (Wildman–Crippen LogP) is 7.46. The largest absolute Gasteiger partial charge is 0.310 e. The second-order valence-corrected chi connectivity index (χ2v) is 6.74. The molecule has 0 unspecified atom stereocenters. The fourth-order valence-electron chi connectivity index (χ4n) is 3.67. The quantitative estimate of drug-likeness (QED) is 0.307. The summed E-state index contributed by atoms with van der Waals surface area (Å²) in [6.45, 7) is 0. The first kappa shape index (κ1) is 15.7. The van der Waals surface area contributed by atoms with E-state index in [2.05, 4.69) is 120 Å². The zero-order valence-corrected chi connectivity index (χ0v) is 14.9. The Morgan fingerprint density at radius 1 is 0.333 bits per heavy atom. The fourth-order valence-corrected chi connectivity index (χ4v) is 3.67. The van der Waals surface area contributed by atoms with Gasteiger partial charge in [-0.15, -0.1) is 0 Å². The number of benzene rings is 5. The molecule has 0 atom stereocenters. The number of rotatable bonds is 3. The number of fused-ring (bicyclic) bond motifs is 2. The molecule has 0 fully saturated rings. The summed E-state index contributed by atoms with van der Waals surface area (Å²) in [6, 6.07) is 40.8. The van der Waals surface area contributed by atoms with Crippen LogP contribution >= 0.6 is 0 Å². The van der Waals surface area contributed by atoms with E-state index in [9.17, 15) is 0 Å². The van der Waals surface area contributed by atoms with E-state index in [0.717, 1.165) is 17.1 Å². The average Bonchev–Trinajstić information content (AvgIpc) is 2.74. The molecule has 0 radical (unpaired) electrons. The highest BCUT2D eigenvalue weighted by Crippen LogP contribution is 2.36. The number of nitrogens with zero attached hydrogens (tertiary/aromatic N) is 1. The van der Waals surface area contributed by atoms with Crippen LogP contribution < -0.4 is 4.90 Å². The van der Waals surface area contributed by atoms with Gasteiger partial charge in [-0.1, -0.05) is 66.7 Å². The lowest BCUT2D eigenvalue weighted by Gasteiger charge is -2.25. The summed E-state index contributed by atoms with van der Waals surface area (Å²) < 4.78 is 0. The molecule has 0 bridgehead atoms. The van der Waals surface area contributed by atoms with E-state index in [1.54, 1.807) is 0 Å². The van der Waals surface area contributed by atoms with Crippen LogP contribution in [0.15, 0.2) is 115 Å². The third-order valence-electron chi connectivity index (χ3n) is 4.98. The van der Waals surface area contributed by atoms with Crippen molar-refractivity contribution in [3.8, 4) is 0 Å². The predicted molar refractivity (Wildman–Crippen MR) is 116 cm³/mol. The molecule has 0 heterocycles. The zero-order valence-electron chi connectivity index (χ0n) is 14.9. The first-order valence-electron chi connectivity index (χ1n) is 9.21. The minimum atomic E-state index is 1.16. The summed E-state index contributed by atoms with van der Waals surface area (Å²) in [5.74, 6) is 0. The first-order chi connectivity index (χ1) is 13.4. The van der Waals surface area contributed by atoms with Gasteiger partial charge in [-0.3, -0.25) is 0 Å². The molecule has 5 aromatic carbocycles. The van der Waals surface area contributed by atoms with Crippen molar-refractivity contribution >= 4 is 38.6 Å². The third-order valence-corrected chi connectivity index (χ3v) is 4.98. The van der Waals surface area contributed by atoms with Gasteiger partial charge in [-0.2, -0.15) is 0 Å². The molecule has 5 aromatic rings. The van der Waals surface area contributed by atoms with Gasteiger partial charge in [0.25, 0.3) is 0 Å². The van der Waals surface area contributed by atoms with Crippen LogP contribution in [0.3, 0.4) is 0 Å². The maximum Gasteiger partial charge on any atom is 0.0468 e. The van der Waals surface area contributed by atoms with Crippen molar-refractivity contribution in [2.24, 2.45) is 0 Å². The van der Waals surface area contributed by atoms with Gasteiger partial charge in [0.15, 0.2) is 0 Å². The number of anilines is 3. The first-order valence-corrected chi connectivity index (χ1v) is 9.21. The molecule has 128 valence electrons. The van der Waals surface area contributed by atoms with Crippen molar-refractivity contribution in [1.29, 1.82) is 0 Å². The van der Waals surface area contributed by atoms with Gasteiger partial charge in [0.1, 0.15) is 0 Å². The summed E-state index contributed by atoms with van der Waals surface area (Å²) >= 11 is 0. The number of hydrogen-bond donors (Lipinski definition) is 0. The second kappa shape index (κ2) is 6.62. The molecule has 0 aliphatic rings. The molecular weight excluding hydrogens is 326 g/mol. The van der Waals surface area contributed by atoms with Crippen molar-refractivity contribution < 1.29 is 0 Å². The van der Waals surface area contributed by atoms with Crippen LogP contribution in [0.2, 0.25) is 0 Å². The lowest BCUT2D eigenvalue weighted by Crippen LogP contribution is -2.09. The van der Waals surface area contributed by atoms with E-state index in [1.807, 2.05) is 0 Å². The Bertz CT molecular complexity index is 1170. The van der Waals surface area contributed by atoms with E-state index in [-0.39, 0.29) is 0 Å². The van der Waals surface area contributed by atoms with E-state index in [4.69, 9.17) is 0 Å². The zero-order chi connectivity index (χ0) is 18.1. The van der Waals surface area contributed by atoms with Gasteiger partial charge >= 0.3 is 0 Å². The SMILES string of the molecule is c1ccc(N(c2ccccc2)c2ccc3cc4ccccc4cc3c2)cc1. The molecule has 27 heavy (non-hydrogen) atoms. The molecule has 1 nitrogen and oxygen atoms in total. The Morgan fingerprint density at radius 3 is 1.41 bits per heavy atom. The van der Waals surface area contributed by atoms with Crippen LogP contribution in [-0.2, 0) is 0 Å². The van der Waals surface area contributed by atoms with Crippen molar-refractivity contribution in [1.82, 2.24) is 0 Å². The average molecular weight is 345 g/mol. The summed E-state index contributed by atoms with van der Waals surface area (Å²) in [4.78, 5) is 2.30. The van der Waals surface area contributed by atoms with E-state index in [1.165, 1.54) is 21.5 Å². The summed E-state index contributed by atoms with van der Waals surface area (Å²) in [7, 11) is 0. The van der Waals surface area contributed by atoms with Gasteiger partial charge in [0.05, 0.1) is 0 Å². The fraction of sp³-hybridized carbons (Fsp3) is 0. The molecule has 0 aliphatic carbocycles. The molecule has 0 aliphatic heterocycles. The van der Waals surface area contributed by atoms with Crippen LogP contribution in [0.1, 0.15) is 0 Å². The number of para-hydroxylation sites is 2. The van der Waals surface area contributed by atoms with Gasteiger partial charge in [0.2, 0.25) is 0 Å². The highest BCUT2D eigenvalue weighted by molar-refractivity contribution is 6.00. The van der Waals surface area contributed by atoms with E-state index >= 15 is 0 Å². The molecule has 0 saturated heterocycles.